The van der Waals surface area contributed by atoms with E-state index < -0.39 is 11.7 Å². The lowest BCUT2D eigenvalue weighted by atomic mass is 9.43. The first-order valence-electron chi connectivity index (χ1n) is 14.7. The van der Waals surface area contributed by atoms with Gasteiger partial charge in [0.25, 0.3) is 0 Å². The standard InChI is InChI=1S/C30H46O7/c1-17-27(32)24(34-4)15-26(36-17)37-20-7-10-28(2)19(14-20)5-6-23-22(28)8-11-29(3)21(9-12-30(23,29)33)18-13-25(31)35-16-18/h13,17,19-24,26-27,32-33H,5-12,14-16H2,1-4H3/t17-,19?,20+,21?,22?,23?,24+,26+,27-,28+,29?,30+/m1/s1. The Morgan fingerprint density at radius 3 is 2.57 bits per heavy atom. The van der Waals surface area contributed by atoms with Crippen molar-refractivity contribution in [2.45, 2.75) is 121 Å². The molecule has 208 valence electrons. The second-order valence-corrected chi connectivity index (χ2v) is 13.6. The van der Waals surface area contributed by atoms with Crippen molar-refractivity contribution >= 4 is 5.97 Å². The summed E-state index contributed by atoms with van der Waals surface area (Å²) in [7, 11) is 1.64. The van der Waals surface area contributed by atoms with Gasteiger partial charge < -0.3 is 29.2 Å². The van der Waals surface area contributed by atoms with Crippen LogP contribution in [-0.2, 0) is 23.7 Å². The summed E-state index contributed by atoms with van der Waals surface area (Å²) in [6, 6.07) is 0. The molecule has 5 unspecified atom stereocenters. The molecule has 0 aromatic rings. The van der Waals surface area contributed by atoms with Crippen LogP contribution in [0.2, 0.25) is 0 Å². The monoisotopic (exact) mass is 518 g/mol. The van der Waals surface area contributed by atoms with Gasteiger partial charge in [0.15, 0.2) is 6.29 Å². The number of esters is 1. The highest BCUT2D eigenvalue weighted by Gasteiger charge is 2.67. The van der Waals surface area contributed by atoms with E-state index in [1.165, 1.54) is 0 Å². The molecule has 12 atom stereocenters. The molecule has 0 bridgehead atoms. The maximum absolute atomic E-state index is 12.4. The third-order valence-electron chi connectivity index (χ3n) is 12.2. The van der Waals surface area contributed by atoms with Crippen molar-refractivity contribution in [2.75, 3.05) is 13.7 Å². The molecule has 2 heterocycles. The number of carbonyl (C=O) groups is 1. The van der Waals surface area contributed by atoms with Crippen LogP contribution < -0.4 is 0 Å². The van der Waals surface area contributed by atoms with Gasteiger partial charge in [-0.25, -0.2) is 4.79 Å². The molecular formula is C30H46O7. The Balaban J connectivity index is 1.15. The quantitative estimate of drug-likeness (QED) is 0.427. The number of cyclic esters (lactones) is 1. The van der Waals surface area contributed by atoms with Crippen molar-refractivity contribution < 1.29 is 34.0 Å². The first-order valence-corrected chi connectivity index (χ1v) is 14.7. The van der Waals surface area contributed by atoms with Gasteiger partial charge >= 0.3 is 5.97 Å². The topological polar surface area (TPSA) is 94.5 Å². The maximum atomic E-state index is 12.4. The average molecular weight is 519 g/mol. The van der Waals surface area contributed by atoms with Crippen molar-refractivity contribution in [2.24, 2.45) is 34.5 Å². The van der Waals surface area contributed by atoms with Crippen LogP contribution in [0.25, 0.3) is 0 Å². The fourth-order valence-electron chi connectivity index (χ4n) is 10.0. The van der Waals surface area contributed by atoms with Crippen molar-refractivity contribution in [3.63, 3.8) is 0 Å². The number of methoxy groups -OCH3 is 1. The summed E-state index contributed by atoms with van der Waals surface area (Å²) in [5.74, 6) is 1.45. The molecule has 0 aromatic heterocycles. The van der Waals surface area contributed by atoms with Crippen LogP contribution in [0.15, 0.2) is 11.6 Å². The maximum Gasteiger partial charge on any atom is 0.331 e. The van der Waals surface area contributed by atoms with Crippen molar-refractivity contribution in [1.29, 1.82) is 0 Å². The van der Waals surface area contributed by atoms with Crippen LogP contribution in [0.3, 0.4) is 0 Å². The molecule has 4 saturated carbocycles. The first kappa shape index (κ1) is 26.2. The van der Waals surface area contributed by atoms with Gasteiger partial charge in [-0.2, -0.15) is 0 Å². The Morgan fingerprint density at radius 2 is 1.84 bits per heavy atom. The average Bonchev–Trinajstić information content (AvgIpc) is 3.41. The minimum atomic E-state index is -0.670. The number of ether oxygens (including phenoxy) is 4. The largest absolute Gasteiger partial charge is 0.458 e. The van der Waals surface area contributed by atoms with Gasteiger partial charge in [0.1, 0.15) is 12.7 Å². The predicted octanol–water partition coefficient (Wildman–Crippen LogP) is 4.14. The number of aliphatic hydroxyl groups excluding tert-OH is 1. The molecular weight excluding hydrogens is 472 g/mol. The van der Waals surface area contributed by atoms with Gasteiger partial charge in [0, 0.05) is 25.0 Å². The molecule has 0 radical (unpaired) electrons. The molecule has 5 fully saturated rings. The highest BCUT2D eigenvalue weighted by atomic mass is 16.7. The van der Waals surface area contributed by atoms with Gasteiger partial charge in [-0.15, -0.1) is 0 Å². The van der Waals surface area contributed by atoms with E-state index in [0.717, 1.165) is 63.4 Å². The molecule has 6 rings (SSSR count). The van der Waals surface area contributed by atoms with Crippen molar-refractivity contribution in [3.8, 4) is 0 Å². The van der Waals surface area contributed by atoms with Crippen LogP contribution in [0.5, 0.6) is 0 Å². The normalized spacial score (nSPS) is 53.6. The lowest BCUT2D eigenvalue weighted by molar-refractivity contribution is -0.273. The minimum absolute atomic E-state index is 0.166. The Morgan fingerprint density at radius 1 is 1.03 bits per heavy atom. The van der Waals surface area contributed by atoms with E-state index in [4.69, 9.17) is 18.9 Å². The summed E-state index contributed by atoms with van der Waals surface area (Å²) < 4.78 is 23.2. The third kappa shape index (κ3) is 3.97. The number of carbonyl (C=O) groups excluding carboxylic acids is 1. The second kappa shape index (κ2) is 9.29. The van der Waals surface area contributed by atoms with E-state index in [1.54, 1.807) is 13.2 Å². The molecule has 2 aliphatic heterocycles. The molecule has 1 saturated heterocycles. The zero-order valence-electron chi connectivity index (χ0n) is 23.0. The summed E-state index contributed by atoms with van der Waals surface area (Å²) in [6.45, 7) is 7.07. The second-order valence-electron chi connectivity index (χ2n) is 13.6. The van der Waals surface area contributed by atoms with E-state index >= 15 is 0 Å². The first-order chi connectivity index (χ1) is 17.6. The summed E-state index contributed by atoms with van der Waals surface area (Å²) in [5.41, 5.74) is 0.461. The molecule has 7 nitrogen and oxygen atoms in total. The number of hydrogen-bond acceptors (Lipinski definition) is 7. The highest BCUT2D eigenvalue weighted by Crippen LogP contribution is 2.70. The zero-order valence-corrected chi connectivity index (χ0v) is 23.0. The molecule has 0 aromatic carbocycles. The van der Waals surface area contributed by atoms with Gasteiger partial charge in [-0.1, -0.05) is 13.8 Å². The van der Waals surface area contributed by atoms with Crippen LogP contribution in [0.4, 0.5) is 0 Å². The van der Waals surface area contributed by atoms with Crippen LogP contribution in [0, 0.1) is 34.5 Å². The number of aliphatic hydroxyl groups is 2. The smallest absolute Gasteiger partial charge is 0.331 e. The number of rotatable bonds is 4. The SMILES string of the molecule is CO[C@H]1C[C@H](O[C@H]2CC[C@@]3(C)C(CCC4C3CCC3(C)C(C5=CC(=O)OC5)CC[C@]43O)C2)O[C@H](C)[C@H]1O. The molecule has 2 N–H and O–H groups in total. The van der Waals surface area contributed by atoms with E-state index in [2.05, 4.69) is 13.8 Å². The molecule has 7 heteroatoms. The Bertz CT molecular complexity index is 935. The fourth-order valence-corrected chi connectivity index (χ4v) is 10.0. The lowest BCUT2D eigenvalue weighted by Crippen LogP contribution is -2.62. The molecule has 0 spiro atoms. The van der Waals surface area contributed by atoms with E-state index in [9.17, 15) is 15.0 Å². The van der Waals surface area contributed by atoms with Gasteiger partial charge in [-0.3, -0.25) is 0 Å². The summed E-state index contributed by atoms with van der Waals surface area (Å²) in [6.07, 6.45) is 10.2. The highest BCUT2D eigenvalue weighted by molar-refractivity contribution is 5.85. The number of fused-ring (bicyclic) bond motifs is 5. The van der Waals surface area contributed by atoms with Crippen LogP contribution in [-0.4, -0.2) is 66.2 Å². The molecule has 4 aliphatic carbocycles. The predicted molar refractivity (Wildman–Crippen MR) is 136 cm³/mol. The van der Waals surface area contributed by atoms with Crippen molar-refractivity contribution in [1.82, 2.24) is 0 Å². The lowest BCUT2D eigenvalue weighted by Gasteiger charge is -2.64. The van der Waals surface area contributed by atoms with Crippen LogP contribution >= 0.6 is 0 Å². The van der Waals surface area contributed by atoms with E-state index in [1.807, 2.05) is 6.92 Å². The Kier molecular flexibility index (Phi) is 6.59. The summed E-state index contributed by atoms with van der Waals surface area (Å²) in [5, 5.41) is 22.7. The molecule has 37 heavy (non-hydrogen) atoms. The van der Waals surface area contributed by atoms with Gasteiger partial charge in [0.05, 0.1) is 23.9 Å². The molecule has 0 amide bonds. The van der Waals surface area contributed by atoms with E-state index in [0.29, 0.717) is 30.8 Å². The van der Waals surface area contributed by atoms with Gasteiger partial charge in [0.2, 0.25) is 0 Å². The number of hydrogen-bond donors (Lipinski definition) is 2. The third-order valence-corrected chi connectivity index (χ3v) is 12.2. The van der Waals surface area contributed by atoms with Crippen LogP contribution in [0.1, 0.15) is 85.0 Å². The summed E-state index contributed by atoms with van der Waals surface area (Å²) in [4.78, 5) is 11.8. The zero-order chi connectivity index (χ0) is 26.2. The van der Waals surface area contributed by atoms with Gasteiger partial charge in [-0.05, 0) is 99.4 Å². The Hall–Kier alpha value is -0.990. The van der Waals surface area contributed by atoms with E-state index in [-0.39, 0.29) is 47.3 Å². The minimum Gasteiger partial charge on any atom is -0.458 e. The van der Waals surface area contributed by atoms with Crippen molar-refractivity contribution in [3.05, 3.63) is 11.6 Å². The molecule has 6 aliphatic rings. The fraction of sp³-hybridized carbons (Fsp3) is 0.900. The Labute approximate surface area is 221 Å². The summed E-state index contributed by atoms with van der Waals surface area (Å²) >= 11 is 0.